The van der Waals surface area contributed by atoms with E-state index in [-0.39, 0.29) is 18.4 Å². The molecule has 0 spiro atoms. The number of hydrogen-bond donors (Lipinski definition) is 1. The number of carbonyl (C=O) groups excluding carboxylic acids is 1. The number of amides is 1. The van der Waals surface area contributed by atoms with Gasteiger partial charge in [-0.1, -0.05) is 55.8 Å². The summed E-state index contributed by atoms with van der Waals surface area (Å²) in [5.74, 6) is 0.527. The minimum Gasteiger partial charge on any atom is -0.346 e. The predicted octanol–water partition coefficient (Wildman–Crippen LogP) is 3.79. The fraction of sp³-hybridized carbons (Fsp3) is 0.250. The molecule has 32 heavy (non-hydrogen) atoms. The average Bonchev–Trinajstić information content (AvgIpc) is 3.28. The van der Waals surface area contributed by atoms with Crippen LogP contribution in [0.15, 0.2) is 54.9 Å². The van der Waals surface area contributed by atoms with Crippen molar-refractivity contribution in [2.75, 3.05) is 0 Å². The number of benzene rings is 2. The second-order valence-electron chi connectivity index (χ2n) is 8.00. The first-order chi connectivity index (χ1) is 15.4. The molecule has 0 radical (unpaired) electrons. The summed E-state index contributed by atoms with van der Waals surface area (Å²) in [5, 5.41) is 15.3. The zero-order chi connectivity index (χ0) is 22.7. The summed E-state index contributed by atoms with van der Waals surface area (Å²) in [4.78, 5) is 21.8. The van der Waals surface area contributed by atoms with Crippen molar-refractivity contribution < 1.29 is 4.79 Å². The van der Waals surface area contributed by atoms with Crippen molar-refractivity contribution in [2.24, 2.45) is 0 Å². The predicted molar refractivity (Wildman–Crippen MR) is 121 cm³/mol. The Labute approximate surface area is 186 Å². The molecule has 2 aromatic carbocycles. The summed E-state index contributed by atoms with van der Waals surface area (Å²) >= 11 is 0. The molecule has 4 aromatic rings. The average molecular weight is 428 g/mol. The van der Waals surface area contributed by atoms with Crippen LogP contribution in [-0.4, -0.2) is 36.1 Å². The van der Waals surface area contributed by atoms with Gasteiger partial charge < -0.3 is 5.32 Å². The second-order valence-corrected chi connectivity index (χ2v) is 8.00. The molecule has 2 heterocycles. The molecular weight excluding hydrogens is 402 g/mol. The molecule has 162 valence electrons. The van der Waals surface area contributed by atoms with Crippen LogP contribution >= 0.6 is 0 Å². The van der Waals surface area contributed by atoms with Gasteiger partial charge in [0, 0.05) is 17.7 Å². The lowest BCUT2D eigenvalue weighted by Crippen LogP contribution is -2.25. The highest BCUT2D eigenvalue weighted by molar-refractivity contribution is 6.00. The van der Waals surface area contributed by atoms with Gasteiger partial charge in [0.15, 0.2) is 5.82 Å². The normalized spacial score (nSPS) is 11.0. The van der Waals surface area contributed by atoms with Gasteiger partial charge in [0.2, 0.25) is 0 Å². The van der Waals surface area contributed by atoms with Crippen LogP contribution in [0, 0.1) is 13.8 Å². The van der Waals surface area contributed by atoms with Crippen molar-refractivity contribution in [3.8, 4) is 16.8 Å². The van der Waals surface area contributed by atoms with Gasteiger partial charge in [-0.15, -0.1) is 5.10 Å². The van der Waals surface area contributed by atoms with E-state index in [0.29, 0.717) is 22.8 Å². The van der Waals surface area contributed by atoms with Crippen molar-refractivity contribution in [3.05, 3.63) is 83.2 Å². The van der Waals surface area contributed by atoms with Crippen molar-refractivity contribution >= 4 is 5.91 Å². The number of nitrogens with zero attached hydrogens (tertiary/aromatic N) is 6. The van der Waals surface area contributed by atoms with Crippen LogP contribution in [0.2, 0.25) is 0 Å². The third-order valence-corrected chi connectivity index (χ3v) is 5.13. The number of rotatable bonds is 6. The topological polar surface area (TPSA) is 98.5 Å². The zero-order valence-corrected chi connectivity index (χ0v) is 18.6. The first-order valence-corrected chi connectivity index (χ1v) is 10.5. The van der Waals surface area contributed by atoms with Crippen molar-refractivity contribution in [2.45, 2.75) is 40.2 Å². The Morgan fingerprint density at radius 1 is 1.03 bits per heavy atom. The molecule has 0 saturated heterocycles. The molecule has 0 atom stereocenters. The summed E-state index contributed by atoms with van der Waals surface area (Å²) in [6.07, 6.45) is 3.35. The van der Waals surface area contributed by atoms with Crippen molar-refractivity contribution in [3.63, 3.8) is 0 Å². The highest BCUT2D eigenvalue weighted by Gasteiger charge is 2.22. The van der Waals surface area contributed by atoms with Gasteiger partial charge in [-0.3, -0.25) is 14.8 Å². The molecule has 8 nitrogen and oxygen atoms in total. The minimum atomic E-state index is -0.235. The molecule has 0 aliphatic heterocycles. The molecule has 0 aliphatic carbocycles. The van der Waals surface area contributed by atoms with E-state index in [1.54, 1.807) is 23.1 Å². The Bertz CT molecular complexity index is 1230. The Balaban J connectivity index is 1.78. The maximum Gasteiger partial charge on any atom is 0.253 e. The minimum absolute atomic E-state index is 0.0785. The van der Waals surface area contributed by atoms with Crippen LogP contribution < -0.4 is 5.32 Å². The second kappa shape index (κ2) is 9.05. The van der Waals surface area contributed by atoms with E-state index < -0.39 is 0 Å². The number of hydrogen-bond acceptors (Lipinski definition) is 6. The van der Waals surface area contributed by atoms with E-state index in [9.17, 15) is 4.79 Å². The Morgan fingerprint density at radius 3 is 2.50 bits per heavy atom. The summed E-state index contributed by atoms with van der Waals surface area (Å²) in [7, 11) is 0. The number of carbonyl (C=O) groups is 1. The quantitative estimate of drug-likeness (QED) is 0.503. The molecule has 8 heteroatoms. The van der Waals surface area contributed by atoms with Crippen LogP contribution in [0.5, 0.6) is 0 Å². The fourth-order valence-corrected chi connectivity index (χ4v) is 3.41. The summed E-state index contributed by atoms with van der Waals surface area (Å²) in [6, 6.07) is 13.8. The monoisotopic (exact) mass is 427 g/mol. The molecule has 0 aliphatic rings. The maximum atomic E-state index is 13.3. The van der Waals surface area contributed by atoms with Gasteiger partial charge in [-0.25, -0.2) is 0 Å². The van der Waals surface area contributed by atoms with E-state index in [1.807, 2.05) is 64.1 Å². The highest BCUT2D eigenvalue weighted by atomic mass is 16.1. The molecule has 1 amide bonds. The van der Waals surface area contributed by atoms with Crippen molar-refractivity contribution in [1.82, 2.24) is 35.5 Å². The van der Waals surface area contributed by atoms with E-state index in [4.69, 9.17) is 0 Å². The summed E-state index contributed by atoms with van der Waals surface area (Å²) in [6.45, 7) is 8.23. The van der Waals surface area contributed by atoms with E-state index in [2.05, 4.69) is 30.8 Å². The summed E-state index contributed by atoms with van der Waals surface area (Å²) < 4.78 is 1.67. The first-order valence-electron chi connectivity index (χ1n) is 10.5. The number of tetrazole rings is 1. The van der Waals surface area contributed by atoms with Crippen LogP contribution in [-0.2, 0) is 6.54 Å². The smallest absolute Gasteiger partial charge is 0.253 e. The third kappa shape index (κ3) is 4.39. The van der Waals surface area contributed by atoms with Crippen LogP contribution in [0.25, 0.3) is 16.8 Å². The molecule has 0 bridgehead atoms. The lowest BCUT2D eigenvalue weighted by Gasteiger charge is -2.17. The van der Waals surface area contributed by atoms with Gasteiger partial charge in [-0.05, 0) is 35.9 Å². The van der Waals surface area contributed by atoms with Crippen molar-refractivity contribution in [1.29, 1.82) is 0 Å². The molecule has 0 unspecified atom stereocenters. The van der Waals surface area contributed by atoms with Gasteiger partial charge in [-0.2, -0.15) is 4.68 Å². The Kier molecular flexibility index (Phi) is 6.02. The highest BCUT2D eigenvalue weighted by Crippen LogP contribution is 2.31. The first kappa shape index (κ1) is 21.3. The number of nitrogens with one attached hydrogen (secondary N) is 1. The number of para-hydroxylation sites is 1. The zero-order valence-electron chi connectivity index (χ0n) is 18.6. The molecule has 4 rings (SSSR count). The van der Waals surface area contributed by atoms with E-state index in [0.717, 1.165) is 22.4 Å². The molecule has 0 fully saturated rings. The van der Waals surface area contributed by atoms with E-state index >= 15 is 0 Å². The van der Waals surface area contributed by atoms with Gasteiger partial charge in [0.1, 0.15) is 0 Å². The molecule has 0 saturated carbocycles. The maximum absolute atomic E-state index is 13.3. The fourth-order valence-electron chi connectivity index (χ4n) is 3.41. The number of aryl methyl sites for hydroxylation is 2. The van der Waals surface area contributed by atoms with Crippen LogP contribution in [0.4, 0.5) is 0 Å². The van der Waals surface area contributed by atoms with Gasteiger partial charge in [0.25, 0.3) is 5.91 Å². The van der Waals surface area contributed by atoms with E-state index in [1.165, 1.54) is 0 Å². The lowest BCUT2D eigenvalue weighted by atomic mass is 9.98. The van der Waals surface area contributed by atoms with Crippen LogP contribution in [0.3, 0.4) is 0 Å². The molecule has 2 aromatic heterocycles. The molecular formula is C24H25N7O. The third-order valence-electron chi connectivity index (χ3n) is 5.13. The van der Waals surface area contributed by atoms with Crippen LogP contribution in [0.1, 0.15) is 52.9 Å². The van der Waals surface area contributed by atoms with Gasteiger partial charge >= 0.3 is 0 Å². The van der Waals surface area contributed by atoms with Gasteiger partial charge in [0.05, 0.1) is 35.4 Å². The summed E-state index contributed by atoms with van der Waals surface area (Å²) in [5.41, 5.74) is 5.67. The molecule has 1 N–H and O–H groups in total. The SMILES string of the molecule is Cc1ccc(-c2cccc(C(=O)NCc3cnc(C)cn3)c2-n2nnnc2C(C)C)cc1. The standard InChI is InChI=1S/C24H25N7O/c1-15(2)23-28-29-30-31(23)22-20(18-10-8-16(3)9-11-18)6-5-7-21(22)24(32)27-14-19-13-25-17(4)12-26-19/h5-13,15H,14H2,1-4H3,(H,27,32). The Hall–Kier alpha value is -3.94. The number of aromatic nitrogens is 6. The largest absolute Gasteiger partial charge is 0.346 e. The lowest BCUT2D eigenvalue weighted by molar-refractivity contribution is 0.0950. The Morgan fingerprint density at radius 2 is 1.81 bits per heavy atom.